The Hall–Kier alpha value is -0.970. The molecular formula is C41H68O13. The molecule has 0 aromatic carbocycles. The molecular weight excluding hydrogens is 700 g/mol. The van der Waals surface area contributed by atoms with Crippen molar-refractivity contribution in [3.63, 3.8) is 0 Å². The maximum Gasteiger partial charge on any atom is 0.309 e. The standard InChI is InChI=1S/C41H68O13/c1-20-27-21-8-9-25-37(4)12-11-26(53-34-32(28(44)22(43)19-51-34)54-33-31(47)30(46)29(45)23(18-42)52-33)36(2,3)24(37)10-13-39(25,6)38(21,5)14-16-41(27,35(48)49)17-15-40(20,7)50/h20-34,42-47,50H,8-19H2,1-7H3,(H,48,49)/t20-,21?,22-,23+,24-,25+,26-,27+,28-,29+,30-,31+,32+,33-,34-,37-,38+,39+,40+,41+/m0/s1. The molecule has 7 aliphatic rings. The summed E-state index contributed by atoms with van der Waals surface area (Å²) >= 11 is 0. The summed E-state index contributed by atoms with van der Waals surface area (Å²) in [6.07, 6.45) is -5.11. The number of ether oxygens (including phenoxy) is 4. The van der Waals surface area contributed by atoms with Gasteiger partial charge in [0, 0.05) is 0 Å². The van der Waals surface area contributed by atoms with Crippen LogP contribution in [0.4, 0.5) is 0 Å². The lowest BCUT2D eigenvalue weighted by molar-refractivity contribution is -0.367. The van der Waals surface area contributed by atoms with Crippen LogP contribution in [0.5, 0.6) is 0 Å². The van der Waals surface area contributed by atoms with Crippen molar-refractivity contribution >= 4 is 5.97 Å². The van der Waals surface area contributed by atoms with Crippen LogP contribution in [0.2, 0.25) is 0 Å². The third kappa shape index (κ3) is 5.83. The second-order valence-corrected chi connectivity index (χ2v) is 20.3. The lowest BCUT2D eigenvalue weighted by atomic mass is 9.31. The number of fused-ring (bicyclic) bond motifs is 7. The van der Waals surface area contributed by atoms with Crippen LogP contribution in [-0.4, -0.2) is 127 Å². The summed E-state index contributed by atoms with van der Waals surface area (Å²) in [5, 5.41) is 85.0. The number of rotatable bonds is 6. The zero-order chi connectivity index (χ0) is 39.6. The number of aliphatic hydroxyl groups is 7. The monoisotopic (exact) mass is 768 g/mol. The summed E-state index contributed by atoms with van der Waals surface area (Å²) in [5.74, 6) is 0.0208. The van der Waals surface area contributed by atoms with E-state index >= 15 is 0 Å². The molecule has 7 rings (SSSR count). The van der Waals surface area contributed by atoms with E-state index in [4.69, 9.17) is 18.9 Å². The quantitative estimate of drug-likeness (QED) is 0.183. The molecule has 54 heavy (non-hydrogen) atoms. The molecule has 0 aromatic heterocycles. The highest BCUT2D eigenvalue weighted by Gasteiger charge is 2.72. The van der Waals surface area contributed by atoms with E-state index in [0.717, 1.165) is 38.5 Å². The van der Waals surface area contributed by atoms with Crippen LogP contribution in [0.25, 0.3) is 0 Å². The number of hydrogen-bond donors (Lipinski definition) is 8. The van der Waals surface area contributed by atoms with Gasteiger partial charge in [-0.3, -0.25) is 4.79 Å². The summed E-state index contributed by atoms with van der Waals surface area (Å²) in [5.41, 5.74) is -2.13. The predicted molar refractivity (Wildman–Crippen MR) is 193 cm³/mol. The average Bonchev–Trinajstić information content (AvgIpc) is 3.10. The summed E-state index contributed by atoms with van der Waals surface area (Å²) in [7, 11) is 0. The Bertz CT molecular complexity index is 1410. The SMILES string of the molecule is C[C@H]1[C@@H]2C3CC[C@@H]4[C@@]5(C)CC[C@H](O[C@@H]6OC[C@H](O)[C@H](O)[C@H]6O[C@@H]6O[C@H](CO)[C@@H](O)[C@H](O)[C@H]6O)C(C)(C)[C@@H]5CC[C@@]4(C)[C@]3(C)CC[C@@]2(C(=O)O)CC[C@@]1(C)O. The van der Waals surface area contributed by atoms with Gasteiger partial charge >= 0.3 is 5.97 Å². The fraction of sp³-hybridized carbons (Fsp3) is 0.976. The second kappa shape index (κ2) is 13.8. The van der Waals surface area contributed by atoms with E-state index in [1.54, 1.807) is 0 Å². The van der Waals surface area contributed by atoms with Gasteiger partial charge < -0.3 is 59.8 Å². The van der Waals surface area contributed by atoms with Crippen molar-refractivity contribution in [3.8, 4) is 0 Å². The second-order valence-electron chi connectivity index (χ2n) is 20.3. The van der Waals surface area contributed by atoms with Crippen molar-refractivity contribution in [1.82, 2.24) is 0 Å². The van der Waals surface area contributed by atoms with Gasteiger partial charge in [0.2, 0.25) is 0 Å². The zero-order valence-electron chi connectivity index (χ0n) is 33.3. The molecule has 2 heterocycles. The Morgan fingerprint density at radius 3 is 2.09 bits per heavy atom. The van der Waals surface area contributed by atoms with Crippen molar-refractivity contribution in [3.05, 3.63) is 0 Å². The van der Waals surface area contributed by atoms with Crippen LogP contribution in [0.3, 0.4) is 0 Å². The maximum atomic E-state index is 13.1. The number of carbonyl (C=O) groups is 1. The highest BCUT2D eigenvalue weighted by Crippen LogP contribution is 2.77. The van der Waals surface area contributed by atoms with Gasteiger partial charge in [-0.1, -0.05) is 41.5 Å². The molecule has 2 saturated heterocycles. The number of aliphatic hydroxyl groups excluding tert-OH is 6. The van der Waals surface area contributed by atoms with Crippen LogP contribution in [0.1, 0.15) is 113 Å². The molecule has 310 valence electrons. The highest BCUT2D eigenvalue weighted by atomic mass is 16.8. The molecule has 8 N–H and O–H groups in total. The van der Waals surface area contributed by atoms with Crippen LogP contribution in [-0.2, 0) is 23.7 Å². The van der Waals surface area contributed by atoms with Crippen molar-refractivity contribution in [2.75, 3.05) is 13.2 Å². The molecule has 0 spiro atoms. The molecule has 0 amide bonds. The fourth-order valence-corrected chi connectivity index (χ4v) is 14.4. The molecule has 0 aromatic rings. The van der Waals surface area contributed by atoms with Gasteiger partial charge in [-0.15, -0.1) is 0 Å². The molecule has 20 atom stereocenters. The number of hydrogen-bond acceptors (Lipinski definition) is 12. The van der Waals surface area contributed by atoms with Gasteiger partial charge in [-0.2, -0.15) is 0 Å². The predicted octanol–water partition coefficient (Wildman–Crippen LogP) is 2.57. The number of aliphatic carboxylic acids is 1. The first kappa shape index (κ1) is 41.2. The third-order valence-electron chi connectivity index (χ3n) is 17.9. The van der Waals surface area contributed by atoms with E-state index in [1.165, 1.54) is 0 Å². The highest BCUT2D eigenvalue weighted by molar-refractivity contribution is 5.76. The van der Waals surface area contributed by atoms with E-state index < -0.39 is 78.9 Å². The Morgan fingerprint density at radius 1 is 0.741 bits per heavy atom. The van der Waals surface area contributed by atoms with Gasteiger partial charge in [0.15, 0.2) is 12.6 Å². The maximum absolute atomic E-state index is 13.1. The first-order valence-electron chi connectivity index (χ1n) is 20.7. The fourth-order valence-electron chi connectivity index (χ4n) is 14.4. The Labute approximate surface area is 319 Å². The normalized spacial score (nSPS) is 57.2. The molecule has 0 bridgehead atoms. The van der Waals surface area contributed by atoms with Crippen molar-refractivity contribution in [2.24, 2.45) is 56.7 Å². The van der Waals surface area contributed by atoms with E-state index in [9.17, 15) is 45.6 Å². The molecule has 5 saturated carbocycles. The number of carboxylic acids is 1. The minimum Gasteiger partial charge on any atom is -0.481 e. The summed E-state index contributed by atoms with van der Waals surface area (Å²) in [6.45, 7) is 15.0. The minimum atomic E-state index is -1.70. The lowest BCUT2D eigenvalue weighted by Gasteiger charge is -2.74. The van der Waals surface area contributed by atoms with E-state index in [1.807, 2.05) is 6.92 Å². The van der Waals surface area contributed by atoms with Crippen molar-refractivity contribution < 1.29 is 64.6 Å². The van der Waals surface area contributed by atoms with Crippen LogP contribution in [0.15, 0.2) is 0 Å². The third-order valence-corrected chi connectivity index (χ3v) is 17.9. The molecule has 0 radical (unpaired) electrons. The molecule has 13 nitrogen and oxygen atoms in total. The van der Waals surface area contributed by atoms with Gasteiger partial charge in [0.05, 0.1) is 30.3 Å². The van der Waals surface area contributed by atoms with E-state index in [2.05, 4.69) is 41.5 Å². The molecule has 1 unspecified atom stereocenters. The Balaban J connectivity index is 1.12. The molecule has 2 aliphatic heterocycles. The van der Waals surface area contributed by atoms with Crippen LogP contribution >= 0.6 is 0 Å². The largest absolute Gasteiger partial charge is 0.481 e. The topological polar surface area (TPSA) is 216 Å². The van der Waals surface area contributed by atoms with Gasteiger partial charge in [-0.05, 0) is 122 Å². The number of carboxylic acid groups (broad SMARTS) is 1. The molecule has 7 fully saturated rings. The molecule has 13 heteroatoms. The lowest BCUT2D eigenvalue weighted by Crippen LogP contribution is -2.69. The van der Waals surface area contributed by atoms with Crippen molar-refractivity contribution in [2.45, 2.75) is 180 Å². The van der Waals surface area contributed by atoms with Crippen LogP contribution in [0, 0.1) is 56.7 Å². The summed E-state index contributed by atoms with van der Waals surface area (Å²) in [6, 6.07) is 0. The van der Waals surface area contributed by atoms with Gasteiger partial charge in [0.25, 0.3) is 0 Å². The summed E-state index contributed by atoms with van der Waals surface area (Å²) < 4.78 is 24.3. The first-order chi connectivity index (χ1) is 25.1. The smallest absolute Gasteiger partial charge is 0.309 e. The van der Waals surface area contributed by atoms with E-state index in [-0.39, 0.29) is 58.0 Å². The van der Waals surface area contributed by atoms with Crippen LogP contribution < -0.4 is 0 Å². The average molecular weight is 769 g/mol. The Morgan fingerprint density at radius 2 is 1.43 bits per heavy atom. The minimum absolute atomic E-state index is 0.0182. The van der Waals surface area contributed by atoms with Gasteiger partial charge in [0.1, 0.15) is 42.7 Å². The summed E-state index contributed by atoms with van der Waals surface area (Å²) in [4.78, 5) is 13.1. The van der Waals surface area contributed by atoms with Gasteiger partial charge in [-0.25, -0.2) is 0 Å². The zero-order valence-corrected chi connectivity index (χ0v) is 33.3. The van der Waals surface area contributed by atoms with E-state index in [0.29, 0.717) is 31.6 Å². The first-order valence-corrected chi connectivity index (χ1v) is 20.7. The van der Waals surface area contributed by atoms with Crippen molar-refractivity contribution in [1.29, 1.82) is 0 Å². The molecule has 5 aliphatic carbocycles. The Kier molecular flexibility index (Phi) is 10.5.